The number of phosphoric acid groups is 2. The van der Waals surface area contributed by atoms with E-state index >= 15 is 0 Å². The van der Waals surface area contributed by atoms with E-state index in [-0.39, 0.29) is 25.7 Å². The van der Waals surface area contributed by atoms with Gasteiger partial charge in [-0.15, -0.1) is 0 Å². The molecular weight excluding hydrogens is 1250 g/mol. The first-order valence-electron chi connectivity index (χ1n) is 39.2. The predicted molar refractivity (Wildman–Crippen MR) is 386 cm³/mol. The molecule has 0 saturated carbocycles. The van der Waals surface area contributed by atoms with Gasteiger partial charge in [0.25, 0.3) is 0 Å². The van der Waals surface area contributed by atoms with Crippen LogP contribution in [0.2, 0.25) is 0 Å². The number of ether oxygens (including phenoxy) is 4. The molecule has 0 aromatic rings. The molecular formula is C76H148O17P2. The molecule has 95 heavy (non-hydrogen) atoms. The van der Waals surface area contributed by atoms with E-state index in [2.05, 4.69) is 55.4 Å². The summed E-state index contributed by atoms with van der Waals surface area (Å²) in [4.78, 5) is 72.7. The van der Waals surface area contributed by atoms with Gasteiger partial charge in [0.05, 0.1) is 26.4 Å². The molecule has 0 fully saturated rings. The lowest BCUT2D eigenvalue weighted by Gasteiger charge is -2.21. The summed E-state index contributed by atoms with van der Waals surface area (Å²) in [5.74, 6) is 0.890. The van der Waals surface area contributed by atoms with Crippen molar-refractivity contribution in [3.8, 4) is 0 Å². The lowest BCUT2D eigenvalue weighted by Crippen LogP contribution is -2.30. The number of phosphoric ester groups is 2. The second-order valence-electron chi connectivity index (χ2n) is 29.1. The summed E-state index contributed by atoms with van der Waals surface area (Å²) in [7, 11) is -9.91. The van der Waals surface area contributed by atoms with Crippen LogP contribution in [-0.2, 0) is 65.4 Å². The maximum atomic E-state index is 13.1. The summed E-state index contributed by atoms with van der Waals surface area (Å²) in [5, 5.41) is 10.6. The minimum Gasteiger partial charge on any atom is -0.462 e. The van der Waals surface area contributed by atoms with Crippen LogP contribution in [0.1, 0.15) is 383 Å². The highest BCUT2D eigenvalue weighted by Crippen LogP contribution is 2.45. The third kappa shape index (κ3) is 69.0. The SMILES string of the molecule is CCC(C)CCCCCCCCC(=O)OC[C@H](COP(=O)(O)OC[C@H](O)COP(=O)(O)OC[C@@H](COC(=O)CCCCCCCCCCCCCCCCCCCCC(C)C)OC(=O)CCCCCCCCCCCCCC(C)C)OC(=O)CCCCCCCCCC(C)C. The normalized spacial score (nSPS) is 14.4. The highest BCUT2D eigenvalue weighted by molar-refractivity contribution is 7.47. The predicted octanol–water partition coefficient (Wildman–Crippen LogP) is 22.0. The standard InChI is InChI=1S/C76H148O17P2/c1-9-69(8)55-47-39-34-35-41-49-57-74(79)87-63-72(93-76(81)59-51-43-33-27-30-38-46-54-68(6)7)65-91-95(84,85)89-61-70(77)60-88-94(82,83)90-64-71(92-75(80)58-50-42-32-26-22-18-20-24-29-37-45-53-67(4)5)62-86-73(78)56-48-40-31-25-21-17-15-13-11-10-12-14-16-19-23-28-36-44-52-66(2)3/h66-72,77H,9-65H2,1-8H3,(H,82,83)(H,84,85)/t69?,70-,71-,72-/m1/s1. The highest BCUT2D eigenvalue weighted by Gasteiger charge is 2.30. The van der Waals surface area contributed by atoms with Crippen LogP contribution in [0.25, 0.3) is 0 Å². The van der Waals surface area contributed by atoms with Gasteiger partial charge in [-0.25, -0.2) is 9.13 Å². The van der Waals surface area contributed by atoms with Crippen LogP contribution >= 0.6 is 15.6 Å². The monoisotopic (exact) mass is 1400 g/mol. The minimum absolute atomic E-state index is 0.102. The van der Waals surface area contributed by atoms with Crippen LogP contribution in [0.3, 0.4) is 0 Å². The third-order valence-corrected chi connectivity index (χ3v) is 19.8. The van der Waals surface area contributed by atoms with Crippen molar-refractivity contribution in [2.45, 2.75) is 401 Å². The number of aliphatic hydroxyl groups excluding tert-OH is 1. The first-order valence-corrected chi connectivity index (χ1v) is 42.2. The molecule has 0 aromatic heterocycles. The molecule has 0 aromatic carbocycles. The highest BCUT2D eigenvalue weighted by atomic mass is 31.2. The molecule has 19 heteroatoms. The number of esters is 4. The Balaban J connectivity index is 5.18. The van der Waals surface area contributed by atoms with Crippen molar-refractivity contribution >= 4 is 39.5 Å². The smallest absolute Gasteiger partial charge is 0.462 e. The van der Waals surface area contributed by atoms with E-state index in [1.807, 2.05) is 0 Å². The largest absolute Gasteiger partial charge is 0.472 e. The van der Waals surface area contributed by atoms with E-state index in [0.717, 1.165) is 114 Å². The molecule has 6 atom stereocenters. The fourth-order valence-electron chi connectivity index (χ4n) is 11.5. The van der Waals surface area contributed by atoms with Crippen molar-refractivity contribution in [1.29, 1.82) is 0 Å². The second-order valence-corrected chi connectivity index (χ2v) is 32.0. The summed E-state index contributed by atoms with van der Waals surface area (Å²) in [6.07, 6.45) is 50.2. The number of unbranched alkanes of at least 4 members (excludes halogenated alkanes) is 38. The fourth-order valence-corrected chi connectivity index (χ4v) is 13.1. The van der Waals surface area contributed by atoms with Crippen LogP contribution in [0.4, 0.5) is 0 Å². The van der Waals surface area contributed by atoms with Crippen LogP contribution in [0.5, 0.6) is 0 Å². The maximum Gasteiger partial charge on any atom is 0.472 e. The van der Waals surface area contributed by atoms with E-state index in [1.54, 1.807) is 0 Å². The molecule has 3 N–H and O–H groups in total. The maximum absolute atomic E-state index is 13.1. The van der Waals surface area contributed by atoms with Gasteiger partial charge >= 0.3 is 39.5 Å². The Kier molecular flexibility index (Phi) is 64.0. The molecule has 0 rings (SSSR count). The molecule has 0 aliphatic heterocycles. The number of hydrogen-bond donors (Lipinski definition) is 3. The van der Waals surface area contributed by atoms with Gasteiger partial charge in [0, 0.05) is 25.7 Å². The van der Waals surface area contributed by atoms with Gasteiger partial charge in [-0.1, -0.05) is 331 Å². The van der Waals surface area contributed by atoms with E-state index in [1.165, 1.54) is 180 Å². The number of carbonyl (C=O) groups is 4. The van der Waals surface area contributed by atoms with Crippen LogP contribution < -0.4 is 0 Å². The Labute approximate surface area is 581 Å². The van der Waals surface area contributed by atoms with Gasteiger partial charge in [0.2, 0.25) is 0 Å². The minimum atomic E-state index is -4.96. The van der Waals surface area contributed by atoms with Gasteiger partial charge in [0.1, 0.15) is 19.3 Å². The Morgan fingerprint density at radius 2 is 0.505 bits per heavy atom. The zero-order chi connectivity index (χ0) is 70.3. The first-order chi connectivity index (χ1) is 45.6. The summed E-state index contributed by atoms with van der Waals surface area (Å²) in [5.41, 5.74) is 0. The molecule has 3 unspecified atom stereocenters. The first kappa shape index (κ1) is 93.1. The van der Waals surface area contributed by atoms with Crippen molar-refractivity contribution in [2.75, 3.05) is 39.6 Å². The molecule has 0 aliphatic rings. The topological polar surface area (TPSA) is 237 Å². The van der Waals surface area contributed by atoms with E-state index in [0.29, 0.717) is 31.6 Å². The van der Waals surface area contributed by atoms with Gasteiger partial charge in [-0.3, -0.25) is 37.3 Å². The Hall–Kier alpha value is -1.94. The van der Waals surface area contributed by atoms with Crippen molar-refractivity contribution in [3.63, 3.8) is 0 Å². The second kappa shape index (κ2) is 65.4. The average molecular weight is 1400 g/mol. The summed E-state index contributed by atoms with van der Waals surface area (Å²) < 4.78 is 68.4. The summed E-state index contributed by atoms with van der Waals surface area (Å²) in [6.45, 7) is 14.1. The Morgan fingerprint density at radius 1 is 0.295 bits per heavy atom. The van der Waals surface area contributed by atoms with Gasteiger partial charge < -0.3 is 33.8 Å². The Morgan fingerprint density at radius 3 is 0.747 bits per heavy atom. The molecule has 0 heterocycles. The zero-order valence-corrected chi connectivity index (χ0v) is 64.1. The lowest BCUT2D eigenvalue weighted by molar-refractivity contribution is -0.161. The summed E-state index contributed by atoms with van der Waals surface area (Å²) >= 11 is 0. The van der Waals surface area contributed by atoms with Crippen molar-refractivity contribution < 1.29 is 80.2 Å². The van der Waals surface area contributed by atoms with Crippen LogP contribution in [0, 0.1) is 23.7 Å². The molecule has 0 amide bonds. The quantitative estimate of drug-likeness (QED) is 0.0222. The van der Waals surface area contributed by atoms with E-state index in [4.69, 9.17) is 37.0 Å². The van der Waals surface area contributed by atoms with Crippen LogP contribution in [0.15, 0.2) is 0 Å². The molecule has 0 aliphatic carbocycles. The van der Waals surface area contributed by atoms with Crippen LogP contribution in [-0.4, -0.2) is 96.7 Å². The van der Waals surface area contributed by atoms with Crippen molar-refractivity contribution in [1.82, 2.24) is 0 Å². The van der Waals surface area contributed by atoms with Gasteiger partial charge in [0.15, 0.2) is 12.2 Å². The van der Waals surface area contributed by atoms with Gasteiger partial charge in [-0.05, 0) is 49.4 Å². The van der Waals surface area contributed by atoms with E-state index in [9.17, 15) is 43.2 Å². The zero-order valence-electron chi connectivity index (χ0n) is 62.3. The molecule has 0 saturated heterocycles. The molecule has 17 nitrogen and oxygen atoms in total. The Bertz CT molecular complexity index is 1870. The summed E-state index contributed by atoms with van der Waals surface area (Å²) in [6, 6.07) is 0. The number of aliphatic hydroxyl groups is 1. The van der Waals surface area contributed by atoms with Crippen molar-refractivity contribution in [2.24, 2.45) is 23.7 Å². The number of carbonyl (C=O) groups excluding carboxylic acids is 4. The molecule has 0 spiro atoms. The van der Waals surface area contributed by atoms with Gasteiger partial charge in [-0.2, -0.15) is 0 Å². The lowest BCUT2D eigenvalue weighted by atomic mass is 10.00. The third-order valence-electron chi connectivity index (χ3n) is 17.9. The molecule has 0 radical (unpaired) electrons. The van der Waals surface area contributed by atoms with E-state index < -0.39 is 97.5 Å². The average Bonchev–Trinajstić information content (AvgIpc) is 1.91. The fraction of sp³-hybridized carbons (Fsp3) is 0.947. The number of hydrogen-bond acceptors (Lipinski definition) is 15. The van der Waals surface area contributed by atoms with Crippen molar-refractivity contribution in [3.05, 3.63) is 0 Å². The number of rotatable bonds is 73. The molecule has 564 valence electrons. The molecule has 0 bridgehead atoms.